The van der Waals surface area contributed by atoms with Gasteiger partial charge in [0.15, 0.2) is 0 Å². The number of aliphatic hydroxyl groups excluding tert-OH is 1. The Kier molecular flexibility index (Phi) is 6.29. The first-order valence-electron chi connectivity index (χ1n) is 7.36. The lowest BCUT2D eigenvalue weighted by Crippen LogP contribution is -2.38. The van der Waals surface area contributed by atoms with Gasteiger partial charge in [0.05, 0.1) is 6.61 Å². The molecule has 0 aliphatic heterocycles. The number of aryl methyl sites for hydroxylation is 1. The summed E-state index contributed by atoms with van der Waals surface area (Å²) in [7, 11) is 0. The lowest BCUT2D eigenvalue weighted by molar-refractivity contribution is 0.281. The molecule has 0 bridgehead atoms. The molecule has 0 saturated carbocycles. The Labute approximate surface area is 117 Å². The lowest BCUT2D eigenvalue weighted by Gasteiger charge is -2.34. The molecule has 19 heavy (non-hydrogen) atoms. The Morgan fingerprint density at radius 3 is 2.32 bits per heavy atom. The predicted molar refractivity (Wildman–Crippen MR) is 81.5 cm³/mol. The van der Waals surface area contributed by atoms with E-state index in [1.165, 1.54) is 0 Å². The molecule has 0 aliphatic rings. The topological polar surface area (TPSA) is 36.4 Å². The van der Waals surface area contributed by atoms with Gasteiger partial charge in [0.25, 0.3) is 0 Å². The minimum atomic E-state index is 0.0588. The van der Waals surface area contributed by atoms with Crippen molar-refractivity contribution >= 4 is 5.82 Å². The maximum absolute atomic E-state index is 9.18. The fraction of sp³-hybridized carbons (Fsp3) is 0.688. The minimum absolute atomic E-state index is 0.0588. The molecule has 0 aliphatic carbocycles. The van der Waals surface area contributed by atoms with Crippen LogP contribution < -0.4 is 4.90 Å². The number of rotatable bonds is 7. The zero-order chi connectivity index (χ0) is 14.4. The maximum Gasteiger partial charge on any atom is 0.131 e. The van der Waals surface area contributed by atoms with Gasteiger partial charge in [-0.3, -0.25) is 0 Å². The van der Waals surface area contributed by atoms with E-state index in [9.17, 15) is 5.11 Å². The van der Waals surface area contributed by atoms with Gasteiger partial charge in [-0.2, -0.15) is 0 Å². The fourth-order valence-electron chi connectivity index (χ4n) is 2.54. The van der Waals surface area contributed by atoms with Gasteiger partial charge in [0.2, 0.25) is 0 Å². The van der Waals surface area contributed by atoms with E-state index in [-0.39, 0.29) is 6.61 Å². The first kappa shape index (κ1) is 16.0. The minimum Gasteiger partial charge on any atom is -0.392 e. The summed E-state index contributed by atoms with van der Waals surface area (Å²) in [6, 6.07) is 2.58. The van der Waals surface area contributed by atoms with Crippen molar-refractivity contribution in [1.82, 2.24) is 4.98 Å². The number of aliphatic hydroxyl groups is 1. The second kappa shape index (κ2) is 7.49. The van der Waals surface area contributed by atoms with Gasteiger partial charge in [-0.05, 0) is 42.9 Å². The second-order valence-electron chi connectivity index (χ2n) is 5.66. The van der Waals surface area contributed by atoms with Crippen molar-refractivity contribution in [2.45, 2.75) is 60.1 Å². The van der Waals surface area contributed by atoms with Crippen LogP contribution in [0.1, 0.15) is 51.7 Å². The summed E-state index contributed by atoms with van der Waals surface area (Å²) in [5, 5.41) is 9.18. The van der Waals surface area contributed by atoms with Crippen molar-refractivity contribution in [3.8, 4) is 0 Å². The highest BCUT2D eigenvalue weighted by atomic mass is 16.3. The van der Waals surface area contributed by atoms with Gasteiger partial charge in [-0.1, -0.05) is 27.7 Å². The third kappa shape index (κ3) is 4.20. The lowest BCUT2D eigenvalue weighted by atomic mass is 10.1. The van der Waals surface area contributed by atoms with E-state index < -0.39 is 0 Å². The summed E-state index contributed by atoms with van der Waals surface area (Å²) in [5.41, 5.74) is 2.04. The van der Waals surface area contributed by atoms with E-state index in [1.54, 1.807) is 6.20 Å². The molecule has 1 N–H and O–H groups in total. The largest absolute Gasteiger partial charge is 0.392 e. The van der Waals surface area contributed by atoms with Crippen LogP contribution in [-0.2, 0) is 6.61 Å². The summed E-state index contributed by atoms with van der Waals surface area (Å²) in [6.45, 7) is 12.1. The summed E-state index contributed by atoms with van der Waals surface area (Å²) in [6.07, 6.45) is 4.05. The normalized spacial score (nSPS) is 11.4. The molecule has 0 aromatic carbocycles. The van der Waals surface area contributed by atoms with Crippen LogP contribution in [0.5, 0.6) is 0 Å². The molecule has 0 unspecified atom stereocenters. The van der Waals surface area contributed by atoms with E-state index >= 15 is 0 Å². The van der Waals surface area contributed by atoms with Gasteiger partial charge in [-0.15, -0.1) is 0 Å². The molecule has 0 radical (unpaired) electrons. The van der Waals surface area contributed by atoms with E-state index in [1.807, 2.05) is 6.07 Å². The second-order valence-corrected chi connectivity index (χ2v) is 5.66. The van der Waals surface area contributed by atoms with E-state index in [0.717, 1.165) is 36.3 Å². The molecule has 0 amide bonds. The molecule has 3 nitrogen and oxygen atoms in total. The number of aromatic nitrogens is 1. The van der Waals surface area contributed by atoms with Crippen molar-refractivity contribution in [3.05, 3.63) is 23.4 Å². The van der Waals surface area contributed by atoms with Crippen LogP contribution in [0.25, 0.3) is 0 Å². The highest BCUT2D eigenvalue weighted by molar-refractivity contribution is 5.48. The molecule has 0 atom stereocenters. The fourth-order valence-corrected chi connectivity index (χ4v) is 2.54. The van der Waals surface area contributed by atoms with E-state index in [4.69, 9.17) is 0 Å². The molecule has 0 saturated heterocycles. The quantitative estimate of drug-likeness (QED) is 0.818. The van der Waals surface area contributed by atoms with Crippen LogP contribution in [0.2, 0.25) is 0 Å². The van der Waals surface area contributed by atoms with Gasteiger partial charge in [-0.25, -0.2) is 4.98 Å². The summed E-state index contributed by atoms with van der Waals surface area (Å²) >= 11 is 0. The number of hydrogen-bond acceptors (Lipinski definition) is 3. The Balaban J connectivity index is 3.09. The Hall–Kier alpha value is -1.09. The zero-order valence-electron chi connectivity index (χ0n) is 13.0. The molecule has 0 fully saturated rings. The molecular weight excluding hydrogens is 236 g/mol. The van der Waals surface area contributed by atoms with Crippen LogP contribution >= 0.6 is 0 Å². The van der Waals surface area contributed by atoms with Crippen molar-refractivity contribution in [1.29, 1.82) is 0 Å². The van der Waals surface area contributed by atoms with Crippen molar-refractivity contribution in [3.63, 3.8) is 0 Å². The zero-order valence-corrected chi connectivity index (χ0v) is 13.0. The monoisotopic (exact) mass is 264 g/mol. The Morgan fingerprint density at radius 1 is 1.26 bits per heavy atom. The number of anilines is 1. The standard InChI is InChI=1S/C16H28N2O/c1-6-15(7-2)18(10-12(3)4)16-13(5)8-14(11-19)9-17-16/h8-9,12,15,19H,6-7,10-11H2,1-5H3. The van der Waals surface area contributed by atoms with Gasteiger partial charge in [0, 0.05) is 18.8 Å². The first-order valence-corrected chi connectivity index (χ1v) is 7.36. The molecule has 108 valence electrons. The maximum atomic E-state index is 9.18. The Morgan fingerprint density at radius 2 is 1.89 bits per heavy atom. The Bertz CT molecular complexity index is 386. The molecule has 1 aromatic heterocycles. The highest BCUT2D eigenvalue weighted by Gasteiger charge is 2.19. The predicted octanol–water partition coefficient (Wildman–Crippen LogP) is 3.53. The molecule has 3 heteroatoms. The molecular formula is C16H28N2O. The molecule has 1 heterocycles. The van der Waals surface area contributed by atoms with Crippen molar-refractivity contribution in [2.75, 3.05) is 11.4 Å². The average molecular weight is 264 g/mol. The summed E-state index contributed by atoms with van der Waals surface area (Å²) < 4.78 is 0. The first-order chi connectivity index (χ1) is 9.03. The van der Waals surface area contributed by atoms with Gasteiger partial charge >= 0.3 is 0 Å². The molecule has 0 spiro atoms. The van der Waals surface area contributed by atoms with Crippen molar-refractivity contribution in [2.24, 2.45) is 5.92 Å². The average Bonchev–Trinajstić information content (AvgIpc) is 2.38. The number of pyridine rings is 1. The van der Waals surface area contributed by atoms with Crippen LogP contribution in [0.4, 0.5) is 5.82 Å². The van der Waals surface area contributed by atoms with Crippen LogP contribution in [0.3, 0.4) is 0 Å². The van der Waals surface area contributed by atoms with Crippen LogP contribution in [-0.4, -0.2) is 22.7 Å². The number of nitrogens with zero attached hydrogens (tertiary/aromatic N) is 2. The summed E-state index contributed by atoms with van der Waals surface area (Å²) in [5.74, 6) is 1.68. The highest BCUT2D eigenvalue weighted by Crippen LogP contribution is 2.24. The molecule has 1 aromatic rings. The van der Waals surface area contributed by atoms with Crippen molar-refractivity contribution < 1.29 is 5.11 Å². The third-order valence-corrected chi connectivity index (χ3v) is 3.51. The van der Waals surface area contributed by atoms with Crippen LogP contribution in [0, 0.1) is 12.8 Å². The van der Waals surface area contributed by atoms with E-state index in [0.29, 0.717) is 12.0 Å². The molecule has 1 rings (SSSR count). The third-order valence-electron chi connectivity index (χ3n) is 3.51. The van der Waals surface area contributed by atoms with Crippen LogP contribution in [0.15, 0.2) is 12.3 Å². The van der Waals surface area contributed by atoms with E-state index in [2.05, 4.69) is 44.5 Å². The number of hydrogen-bond donors (Lipinski definition) is 1. The van der Waals surface area contributed by atoms with Gasteiger partial charge in [0.1, 0.15) is 5.82 Å². The smallest absolute Gasteiger partial charge is 0.131 e. The summed E-state index contributed by atoms with van der Waals surface area (Å²) in [4.78, 5) is 7.02. The van der Waals surface area contributed by atoms with Gasteiger partial charge < -0.3 is 10.0 Å². The SMILES string of the molecule is CCC(CC)N(CC(C)C)c1ncc(CO)cc1C.